The molecule has 0 aromatic heterocycles. The van der Waals surface area contributed by atoms with Crippen LogP contribution in [-0.2, 0) is 4.79 Å². The first-order valence-electron chi connectivity index (χ1n) is 6.17. The molecule has 4 heteroatoms. The van der Waals surface area contributed by atoms with Crippen LogP contribution in [0.25, 0.3) is 0 Å². The van der Waals surface area contributed by atoms with E-state index < -0.39 is 0 Å². The number of nitrogens with one attached hydrogen (secondary N) is 1. The minimum atomic E-state index is 0.0306. The Morgan fingerprint density at radius 1 is 1.33 bits per heavy atom. The fraction of sp³-hybridized carbons (Fsp3) is 0.500. The summed E-state index contributed by atoms with van der Waals surface area (Å²) in [5, 5.41) is 11.9. The maximum Gasteiger partial charge on any atom is 0.230 e. The molecule has 0 saturated carbocycles. The van der Waals surface area contributed by atoms with Crippen LogP contribution in [0.3, 0.4) is 0 Å². The molecule has 1 rings (SSSR count). The Bertz CT molecular complexity index is 356. The highest BCUT2D eigenvalue weighted by Gasteiger charge is 2.09. The van der Waals surface area contributed by atoms with E-state index in [-0.39, 0.29) is 17.8 Å². The zero-order chi connectivity index (χ0) is 13.4. The van der Waals surface area contributed by atoms with E-state index in [9.17, 15) is 4.79 Å². The number of carbonyl (C=O) groups is 1. The van der Waals surface area contributed by atoms with Crippen molar-refractivity contribution in [2.75, 3.05) is 18.9 Å². The average Bonchev–Trinajstić information content (AvgIpc) is 2.42. The second kappa shape index (κ2) is 8.16. The van der Waals surface area contributed by atoms with Crippen molar-refractivity contribution in [3.05, 3.63) is 35.9 Å². The van der Waals surface area contributed by atoms with E-state index in [1.807, 2.05) is 25.1 Å². The van der Waals surface area contributed by atoms with Gasteiger partial charge in [0.05, 0.1) is 12.4 Å². The highest BCUT2D eigenvalue weighted by atomic mass is 32.2. The molecule has 1 aromatic rings. The lowest BCUT2D eigenvalue weighted by Gasteiger charge is -2.13. The monoisotopic (exact) mass is 267 g/mol. The standard InChI is InChI=1S/C14H21NO2S/c1-11(13-6-4-3-5-7-13)8-15-14(17)10-18-12(2)9-16/h3-7,11-12,16H,8-10H2,1-2H3,(H,15,17). The summed E-state index contributed by atoms with van der Waals surface area (Å²) in [5.41, 5.74) is 1.23. The minimum Gasteiger partial charge on any atom is -0.395 e. The summed E-state index contributed by atoms with van der Waals surface area (Å²) in [4.78, 5) is 11.6. The fourth-order valence-corrected chi connectivity index (χ4v) is 2.13. The first-order valence-corrected chi connectivity index (χ1v) is 7.22. The van der Waals surface area contributed by atoms with Crippen molar-refractivity contribution in [1.82, 2.24) is 5.32 Å². The first-order chi connectivity index (χ1) is 8.63. The molecule has 2 unspecified atom stereocenters. The smallest absolute Gasteiger partial charge is 0.230 e. The first kappa shape index (κ1) is 15.1. The lowest BCUT2D eigenvalue weighted by atomic mass is 10.0. The van der Waals surface area contributed by atoms with E-state index in [0.717, 1.165) is 0 Å². The molecule has 0 aliphatic carbocycles. The number of hydrogen-bond acceptors (Lipinski definition) is 3. The molecule has 0 saturated heterocycles. The molecule has 2 atom stereocenters. The molecule has 0 heterocycles. The van der Waals surface area contributed by atoms with E-state index in [1.165, 1.54) is 17.3 Å². The van der Waals surface area contributed by atoms with Gasteiger partial charge in [-0.25, -0.2) is 0 Å². The van der Waals surface area contributed by atoms with Crippen molar-refractivity contribution in [2.24, 2.45) is 0 Å². The Morgan fingerprint density at radius 2 is 2.00 bits per heavy atom. The number of amides is 1. The average molecular weight is 267 g/mol. The number of rotatable bonds is 7. The molecule has 2 N–H and O–H groups in total. The zero-order valence-electron chi connectivity index (χ0n) is 10.9. The van der Waals surface area contributed by atoms with Gasteiger partial charge in [-0.05, 0) is 11.5 Å². The summed E-state index contributed by atoms with van der Waals surface area (Å²) in [5.74, 6) is 0.752. The highest BCUT2D eigenvalue weighted by Crippen LogP contribution is 2.13. The van der Waals surface area contributed by atoms with E-state index in [4.69, 9.17) is 5.11 Å². The normalized spacial score (nSPS) is 13.9. The van der Waals surface area contributed by atoms with Crippen LogP contribution < -0.4 is 5.32 Å². The summed E-state index contributed by atoms with van der Waals surface area (Å²) in [6, 6.07) is 10.1. The molecule has 3 nitrogen and oxygen atoms in total. The van der Waals surface area contributed by atoms with Gasteiger partial charge < -0.3 is 10.4 Å². The van der Waals surface area contributed by atoms with Crippen LogP contribution >= 0.6 is 11.8 Å². The van der Waals surface area contributed by atoms with E-state index >= 15 is 0 Å². The predicted molar refractivity (Wildman–Crippen MR) is 76.9 cm³/mol. The lowest BCUT2D eigenvalue weighted by molar-refractivity contribution is -0.118. The van der Waals surface area contributed by atoms with Crippen molar-refractivity contribution >= 4 is 17.7 Å². The van der Waals surface area contributed by atoms with Gasteiger partial charge in [0.25, 0.3) is 0 Å². The van der Waals surface area contributed by atoms with Crippen LogP contribution in [0.4, 0.5) is 0 Å². The van der Waals surface area contributed by atoms with Crippen LogP contribution in [0, 0.1) is 0 Å². The number of hydrogen-bond donors (Lipinski definition) is 2. The number of aliphatic hydroxyl groups excluding tert-OH is 1. The summed E-state index contributed by atoms with van der Waals surface area (Å²) in [6.07, 6.45) is 0. The van der Waals surface area contributed by atoms with Crippen molar-refractivity contribution < 1.29 is 9.90 Å². The van der Waals surface area contributed by atoms with Crippen LogP contribution in [0.2, 0.25) is 0 Å². The summed E-state index contributed by atoms with van der Waals surface area (Å²) in [7, 11) is 0. The lowest BCUT2D eigenvalue weighted by Crippen LogP contribution is -2.29. The number of carbonyl (C=O) groups excluding carboxylic acids is 1. The Kier molecular flexibility index (Phi) is 6.83. The Labute approximate surface area is 113 Å². The van der Waals surface area contributed by atoms with Gasteiger partial charge in [-0.15, -0.1) is 11.8 Å². The summed E-state index contributed by atoms with van der Waals surface area (Å²) in [6.45, 7) is 4.76. The summed E-state index contributed by atoms with van der Waals surface area (Å²) < 4.78 is 0. The third-order valence-corrected chi connectivity index (χ3v) is 3.88. The van der Waals surface area contributed by atoms with Gasteiger partial charge in [0.15, 0.2) is 0 Å². The molecule has 0 bridgehead atoms. The largest absolute Gasteiger partial charge is 0.395 e. The van der Waals surface area contributed by atoms with Gasteiger partial charge in [-0.1, -0.05) is 44.2 Å². The van der Waals surface area contributed by atoms with Crippen LogP contribution in [-0.4, -0.2) is 35.2 Å². The van der Waals surface area contributed by atoms with Gasteiger partial charge in [0.1, 0.15) is 0 Å². The van der Waals surface area contributed by atoms with E-state index in [0.29, 0.717) is 18.2 Å². The van der Waals surface area contributed by atoms with Crippen molar-refractivity contribution in [3.63, 3.8) is 0 Å². The minimum absolute atomic E-state index is 0.0306. The maximum absolute atomic E-state index is 11.6. The van der Waals surface area contributed by atoms with Gasteiger partial charge in [-0.3, -0.25) is 4.79 Å². The molecular weight excluding hydrogens is 246 g/mol. The highest BCUT2D eigenvalue weighted by molar-refractivity contribution is 8.00. The SMILES string of the molecule is CC(CO)SCC(=O)NCC(C)c1ccccc1. The predicted octanol–water partition coefficient (Wildman–Crippen LogP) is 2.02. The maximum atomic E-state index is 11.6. The Hall–Kier alpha value is -1.00. The van der Waals surface area contributed by atoms with Gasteiger partial charge in [0, 0.05) is 11.8 Å². The van der Waals surface area contributed by atoms with Crippen LogP contribution in [0.1, 0.15) is 25.3 Å². The van der Waals surface area contributed by atoms with Gasteiger partial charge >= 0.3 is 0 Å². The van der Waals surface area contributed by atoms with Crippen molar-refractivity contribution in [2.45, 2.75) is 25.0 Å². The molecule has 0 aliphatic rings. The third kappa shape index (κ3) is 5.56. The van der Waals surface area contributed by atoms with Crippen molar-refractivity contribution in [3.8, 4) is 0 Å². The fourth-order valence-electron chi connectivity index (χ4n) is 1.49. The second-order valence-corrected chi connectivity index (χ2v) is 5.85. The van der Waals surface area contributed by atoms with Gasteiger partial charge in [-0.2, -0.15) is 0 Å². The molecule has 0 spiro atoms. The van der Waals surface area contributed by atoms with Crippen LogP contribution in [0.5, 0.6) is 0 Å². The Balaban J connectivity index is 2.26. The molecule has 0 aliphatic heterocycles. The molecular formula is C14H21NO2S. The van der Waals surface area contributed by atoms with E-state index in [1.54, 1.807) is 0 Å². The molecule has 18 heavy (non-hydrogen) atoms. The molecule has 100 valence electrons. The molecule has 0 fully saturated rings. The number of aliphatic hydroxyl groups is 1. The second-order valence-electron chi connectivity index (χ2n) is 4.42. The van der Waals surface area contributed by atoms with Gasteiger partial charge in [0.2, 0.25) is 5.91 Å². The molecule has 1 aromatic carbocycles. The molecule has 1 amide bonds. The quantitative estimate of drug-likeness (QED) is 0.794. The third-order valence-electron chi connectivity index (χ3n) is 2.73. The molecule has 0 radical (unpaired) electrons. The Morgan fingerprint density at radius 3 is 2.61 bits per heavy atom. The van der Waals surface area contributed by atoms with Crippen LogP contribution in [0.15, 0.2) is 30.3 Å². The van der Waals surface area contributed by atoms with E-state index in [2.05, 4.69) is 24.4 Å². The summed E-state index contributed by atoms with van der Waals surface area (Å²) >= 11 is 1.47. The topological polar surface area (TPSA) is 49.3 Å². The number of thioether (sulfide) groups is 1. The van der Waals surface area contributed by atoms with Crippen molar-refractivity contribution in [1.29, 1.82) is 0 Å². The number of benzene rings is 1. The zero-order valence-corrected chi connectivity index (χ0v) is 11.7.